The van der Waals surface area contributed by atoms with E-state index in [1.54, 1.807) is 12.1 Å². The number of nitrogens with zero attached hydrogens (tertiary/aromatic N) is 1. The van der Waals surface area contributed by atoms with Crippen molar-refractivity contribution in [3.8, 4) is 0 Å². The summed E-state index contributed by atoms with van der Waals surface area (Å²) in [4.78, 5) is 26.1. The fourth-order valence-electron chi connectivity index (χ4n) is 1.26. The van der Waals surface area contributed by atoms with Gasteiger partial charge in [-0.05, 0) is 12.1 Å². The molecule has 1 saturated heterocycles. The van der Waals surface area contributed by atoms with Crippen molar-refractivity contribution in [3.05, 3.63) is 30.3 Å². The maximum Gasteiger partial charge on any atom is 0.326 e. The molecule has 2 N–H and O–H groups in total. The van der Waals surface area contributed by atoms with Gasteiger partial charge in [-0.25, -0.2) is 9.79 Å². The molecule has 0 aromatic heterocycles. The first-order chi connectivity index (χ1) is 7.24. The van der Waals surface area contributed by atoms with Gasteiger partial charge in [-0.1, -0.05) is 18.2 Å². The highest BCUT2D eigenvalue weighted by Crippen LogP contribution is 2.10. The van der Waals surface area contributed by atoms with E-state index in [4.69, 9.17) is 0 Å². The largest absolute Gasteiger partial charge is 0.326 e. The molecule has 3 amide bonds. The Morgan fingerprint density at radius 1 is 1.07 bits per heavy atom. The SMILES string of the molecule is O=C1CC(=Nc2ccccc2)NC(=O)N1. The number of rotatable bonds is 1. The Morgan fingerprint density at radius 3 is 2.47 bits per heavy atom. The summed E-state index contributed by atoms with van der Waals surface area (Å²) >= 11 is 0. The smallest absolute Gasteiger partial charge is 0.295 e. The van der Waals surface area contributed by atoms with Gasteiger partial charge >= 0.3 is 6.03 Å². The molecule has 1 aliphatic heterocycles. The first-order valence-corrected chi connectivity index (χ1v) is 4.47. The number of urea groups is 1. The summed E-state index contributed by atoms with van der Waals surface area (Å²) in [7, 11) is 0. The number of imide groups is 1. The summed E-state index contributed by atoms with van der Waals surface area (Å²) in [6.07, 6.45) is 0.0979. The topological polar surface area (TPSA) is 70.6 Å². The number of amides is 3. The molecule has 0 radical (unpaired) electrons. The van der Waals surface area contributed by atoms with Crippen LogP contribution < -0.4 is 10.6 Å². The summed E-state index contributed by atoms with van der Waals surface area (Å²) in [5.74, 6) is 0.0309. The fraction of sp³-hybridized carbons (Fsp3) is 0.100. The lowest BCUT2D eigenvalue weighted by atomic mass is 10.3. The lowest BCUT2D eigenvalue weighted by Crippen LogP contribution is -2.49. The van der Waals surface area contributed by atoms with Crippen LogP contribution in [-0.4, -0.2) is 17.8 Å². The second kappa shape index (κ2) is 3.91. The second-order valence-corrected chi connectivity index (χ2v) is 3.07. The predicted octanol–water partition coefficient (Wildman–Crippen LogP) is 0.946. The first kappa shape index (κ1) is 9.39. The fourth-order valence-corrected chi connectivity index (χ4v) is 1.26. The Bertz CT molecular complexity index is 408. The molecule has 0 bridgehead atoms. The summed E-state index contributed by atoms with van der Waals surface area (Å²) in [5.41, 5.74) is 0.711. The summed E-state index contributed by atoms with van der Waals surface area (Å²) < 4.78 is 0. The number of nitrogens with one attached hydrogen (secondary N) is 2. The molecule has 0 unspecified atom stereocenters. The van der Waals surface area contributed by atoms with E-state index in [-0.39, 0.29) is 12.3 Å². The van der Waals surface area contributed by atoms with Crippen LogP contribution in [0.4, 0.5) is 10.5 Å². The van der Waals surface area contributed by atoms with Crippen molar-refractivity contribution in [2.75, 3.05) is 0 Å². The van der Waals surface area contributed by atoms with Gasteiger partial charge in [0.2, 0.25) is 5.91 Å². The van der Waals surface area contributed by atoms with Crippen molar-refractivity contribution < 1.29 is 9.59 Å². The summed E-state index contributed by atoms with van der Waals surface area (Å²) in [6, 6.07) is 8.61. The molecule has 15 heavy (non-hydrogen) atoms. The molecule has 1 fully saturated rings. The van der Waals surface area contributed by atoms with Gasteiger partial charge in [-0.15, -0.1) is 0 Å². The van der Waals surface area contributed by atoms with E-state index in [1.807, 2.05) is 18.2 Å². The van der Waals surface area contributed by atoms with Gasteiger partial charge < -0.3 is 0 Å². The highest BCUT2D eigenvalue weighted by molar-refractivity contribution is 6.16. The Hall–Kier alpha value is -2.17. The number of benzene rings is 1. The zero-order valence-electron chi connectivity index (χ0n) is 7.86. The van der Waals surface area contributed by atoms with Crippen LogP contribution in [0, 0.1) is 0 Å². The molecule has 0 atom stereocenters. The van der Waals surface area contributed by atoms with E-state index in [0.717, 1.165) is 0 Å². The van der Waals surface area contributed by atoms with Gasteiger partial charge in [-0.3, -0.25) is 15.4 Å². The van der Waals surface area contributed by atoms with Crippen LogP contribution in [0.5, 0.6) is 0 Å². The highest BCUT2D eigenvalue weighted by atomic mass is 16.2. The third-order valence-electron chi connectivity index (χ3n) is 1.86. The lowest BCUT2D eigenvalue weighted by molar-refractivity contribution is -0.119. The Morgan fingerprint density at radius 2 is 1.80 bits per heavy atom. The van der Waals surface area contributed by atoms with Crippen LogP contribution in [0.2, 0.25) is 0 Å². The average Bonchev–Trinajstić information content (AvgIpc) is 2.17. The van der Waals surface area contributed by atoms with Crippen molar-refractivity contribution in [2.24, 2.45) is 4.99 Å². The van der Waals surface area contributed by atoms with Crippen LogP contribution in [0.25, 0.3) is 0 Å². The number of hydrogen-bond acceptors (Lipinski definition) is 3. The van der Waals surface area contributed by atoms with Gasteiger partial charge in [0.1, 0.15) is 5.84 Å². The van der Waals surface area contributed by atoms with E-state index in [9.17, 15) is 9.59 Å². The maximum atomic E-state index is 11.0. The van der Waals surface area contributed by atoms with Crippen LogP contribution >= 0.6 is 0 Å². The predicted molar refractivity (Wildman–Crippen MR) is 54.8 cm³/mol. The maximum absolute atomic E-state index is 11.0. The number of para-hydroxylation sites is 1. The molecule has 5 heteroatoms. The van der Waals surface area contributed by atoms with Crippen molar-refractivity contribution in [2.45, 2.75) is 6.42 Å². The van der Waals surface area contributed by atoms with E-state index in [0.29, 0.717) is 11.5 Å². The minimum atomic E-state index is -0.527. The lowest BCUT2D eigenvalue weighted by Gasteiger charge is -2.14. The minimum Gasteiger partial charge on any atom is -0.295 e. The zero-order chi connectivity index (χ0) is 10.7. The number of carbonyl (C=O) groups excluding carboxylic acids is 2. The van der Waals surface area contributed by atoms with E-state index in [2.05, 4.69) is 15.6 Å². The third-order valence-corrected chi connectivity index (χ3v) is 1.86. The number of hydrogen-bond donors (Lipinski definition) is 2. The number of carbonyl (C=O) groups is 2. The molecule has 2 rings (SSSR count). The van der Waals surface area contributed by atoms with Gasteiger partial charge in [0.15, 0.2) is 0 Å². The van der Waals surface area contributed by atoms with Crippen LogP contribution in [0.1, 0.15) is 6.42 Å². The quantitative estimate of drug-likeness (QED) is 0.713. The van der Waals surface area contributed by atoms with Crippen LogP contribution in [-0.2, 0) is 4.79 Å². The van der Waals surface area contributed by atoms with Crippen molar-refractivity contribution in [1.82, 2.24) is 10.6 Å². The molecule has 1 aromatic rings. The molecule has 0 saturated carbocycles. The normalized spacial score (nSPS) is 18.5. The van der Waals surface area contributed by atoms with Crippen molar-refractivity contribution >= 4 is 23.5 Å². The van der Waals surface area contributed by atoms with E-state index < -0.39 is 6.03 Å². The van der Waals surface area contributed by atoms with Gasteiger partial charge in [0, 0.05) is 0 Å². The zero-order valence-corrected chi connectivity index (χ0v) is 7.86. The summed E-state index contributed by atoms with van der Waals surface area (Å²) in [6.45, 7) is 0. The van der Waals surface area contributed by atoms with Crippen molar-refractivity contribution in [1.29, 1.82) is 0 Å². The molecule has 0 aliphatic carbocycles. The molecule has 1 aromatic carbocycles. The van der Waals surface area contributed by atoms with Crippen LogP contribution in [0.15, 0.2) is 35.3 Å². The number of amidine groups is 1. The van der Waals surface area contributed by atoms with Gasteiger partial charge in [0.05, 0.1) is 12.1 Å². The van der Waals surface area contributed by atoms with Crippen molar-refractivity contribution in [3.63, 3.8) is 0 Å². The van der Waals surface area contributed by atoms with E-state index >= 15 is 0 Å². The Balaban J connectivity index is 2.20. The van der Waals surface area contributed by atoms with Gasteiger partial charge in [-0.2, -0.15) is 0 Å². The Kier molecular flexibility index (Phi) is 2.45. The van der Waals surface area contributed by atoms with E-state index in [1.165, 1.54) is 0 Å². The molecule has 1 aliphatic rings. The molecular formula is C10H9N3O2. The molecule has 76 valence electrons. The molecular weight excluding hydrogens is 194 g/mol. The van der Waals surface area contributed by atoms with Crippen LogP contribution in [0.3, 0.4) is 0 Å². The second-order valence-electron chi connectivity index (χ2n) is 3.07. The monoisotopic (exact) mass is 203 g/mol. The minimum absolute atomic E-state index is 0.0979. The molecule has 0 spiro atoms. The number of aliphatic imine (C=N–C) groups is 1. The standard InChI is InChI=1S/C10H9N3O2/c14-9-6-8(12-10(15)13-9)11-7-4-2-1-3-5-7/h1-5H,6H2,(H2,11,12,13,14,15). The highest BCUT2D eigenvalue weighted by Gasteiger charge is 2.19. The third kappa shape index (κ3) is 2.40. The first-order valence-electron chi connectivity index (χ1n) is 4.47. The Labute approximate surface area is 86.2 Å². The molecule has 5 nitrogen and oxygen atoms in total. The van der Waals surface area contributed by atoms with Gasteiger partial charge in [0.25, 0.3) is 0 Å². The average molecular weight is 203 g/mol. The summed E-state index contributed by atoms with van der Waals surface area (Å²) in [5, 5.41) is 4.60. The molecule has 1 heterocycles.